The molecule has 0 saturated carbocycles. The zero-order chi connectivity index (χ0) is 13.9. The third kappa shape index (κ3) is 2.70. The highest BCUT2D eigenvalue weighted by Crippen LogP contribution is 2.26. The Bertz CT molecular complexity index is 432. The van der Waals surface area contributed by atoms with Crippen molar-refractivity contribution in [1.82, 2.24) is 25.2 Å². The maximum absolute atomic E-state index is 12.2. The van der Waals surface area contributed by atoms with Crippen molar-refractivity contribution >= 4 is 5.91 Å². The molecular weight excluding hydrogens is 254 g/mol. The number of piperidine rings is 1. The van der Waals surface area contributed by atoms with E-state index in [0.29, 0.717) is 11.7 Å². The monoisotopic (exact) mass is 277 g/mol. The first-order valence-electron chi connectivity index (χ1n) is 7.65. The lowest BCUT2D eigenvalue weighted by Crippen LogP contribution is -2.45. The second-order valence-corrected chi connectivity index (χ2v) is 5.97. The van der Waals surface area contributed by atoms with E-state index in [1.165, 1.54) is 32.1 Å². The number of aromatic amines is 1. The topological polar surface area (TPSA) is 65.1 Å². The van der Waals surface area contributed by atoms with Gasteiger partial charge in [-0.15, -0.1) is 0 Å². The number of aromatic nitrogens is 3. The van der Waals surface area contributed by atoms with E-state index in [1.54, 1.807) is 0 Å². The SMILES string of the molecule is C[C@@H](C1CCN(C(=O)c2cn[nH]n2)CC1)N1CCCC1. The largest absolute Gasteiger partial charge is 0.337 e. The summed E-state index contributed by atoms with van der Waals surface area (Å²) in [5.41, 5.74) is 0.427. The standard InChI is InChI=1S/C14H23N5O/c1-11(18-6-2-3-7-18)12-4-8-19(9-5-12)14(20)13-10-15-17-16-13/h10-12H,2-9H2,1H3,(H,15,16,17)/t11-/m0/s1. The number of hydrogen-bond acceptors (Lipinski definition) is 4. The zero-order valence-electron chi connectivity index (χ0n) is 12.1. The van der Waals surface area contributed by atoms with Crippen LogP contribution in [0.3, 0.4) is 0 Å². The fourth-order valence-corrected chi connectivity index (χ4v) is 3.50. The number of nitrogens with zero attached hydrogens (tertiary/aromatic N) is 4. The highest BCUT2D eigenvalue weighted by atomic mass is 16.2. The summed E-state index contributed by atoms with van der Waals surface area (Å²) in [5, 5.41) is 10.1. The van der Waals surface area contributed by atoms with Crippen LogP contribution >= 0.6 is 0 Å². The first-order chi connectivity index (χ1) is 9.75. The van der Waals surface area contributed by atoms with E-state index < -0.39 is 0 Å². The summed E-state index contributed by atoms with van der Waals surface area (Å²) in [6.45, 7) is 6.53. The Kier molecular flexibility index (Phi) is 4.00. The maximum Gasteiger partial charge on any atom is 0.276 e. The van der Waals surface area contributed by atoms with Gasteiger partial charge in [0.2, 0.25) is 0 Å². The number of nitrogens with one attached hydrogen (secondary N) is 1. The van der Waals surface area contributed by atoms with E-state index in [-0.39, 0.29) is 5.91 Å². The summed E-state index contributed by atoms with van der Waals surface area (Å²) in [7, 11) is 0. The number of likely N-dealkylation sites (tertiary alicyclic amines) is 2. The average molecular weight is 277 g/mol. The van der Waals surface area contributed by atoms with Gasteiger partial charge < -0.3 is 9.80 Å². The molecule has 1 atom stereocenters. The van der Waals surface area contributed by atoms with Crippen LogP contribution in [0.2, 0.25) is 0 Å². The van der Waals surface area contributed by atoms with Gasteiger partial charge in [0.1, 0.15) is 0 Å². The molecule has 2 saturated heterocycles. The molecule has 2 aliphatic heterocycles. The minimum absolute atomic E-state index is 0.00558. The van der Waals surface area contributed by atoms with Crippen LogP contribution in [0.25, 0.3) is 0 Å². The Labute approximate surface area is 119 Å². The van der Waals surface area contributed by atoms with E-state index >= 15 is 0 Å². The molecule has 3 rings (SSSR count). The summed E-state index contributed by atoms with van der Waals surface area (Å²) in [6.07, 6.45) is 6.38. The van der Waals surface area contributed by atoms with Gasteiger partial charge in [-0.05, 0) is 51.6 Å². The van der Waals surface area contributed by atoms with E-state index in [1.807, 2.05) is 4.90 Å². The van der Waals surface area contributed by atoms with Crippen molar-refractivity contribution in [3.8, 4) is 0 Å². The van der Waals surface area contributed by atoms with Gasteiger partial charge in [0.25, 0.3) is 5.91 Å². The van der Waals surface area contributed by atoms with Crippen molar-refractivity contribution in [2.75, 3.05) is 26.2 Å². The molecule has 20 heavy (non-hydrogen) atoms. The van der Waals surface area contributed by atoms with Crippen molar-refractivity contribution in [1.29, 1.82) is 0 Å². The lowest BCUT2D eigenvalue weighted by atomic mass is 9.89. The summed E-state index contributed by atoms with van der Waals surface area (Å²) in [4.78, 5) is 16.7. The number of carbonyl (C=O) groups excluding carboxylic acids is 1. The van der Waals surface area contributed by atoms with Crippen LogP contribution in [-0.2, 0) is 0 Å². The lowest BCUT2D eigenvalue weighted by Gasteiger charge is -2.38. The normalized spacial score (nSPS) is 23.1. The van der Waals surface area contributed by atoms with Gasteiger partial charge in [-0.3, -0.25) is 4.79 Å². The van der Waals surface area contributed by atoms with Gasteiger partial charge >= 0.3 is 0 Å². The summed E-state index contributed by atoms with van der Waals surface area (Å²) >= 11 is 0. The summed E-state index contributed by atoms with van der Waals surface area (Å²) in [5.74, 6) is 0.723. The van der Waals surface area contributed by atoms with Crippen LogP contribution in [-0.4, -0.2) is 63.3 Å². The Morgan fingerprint density at radius 3 is 2.60 bits per heavy atom. The minimum atomic E-state index is 0.00558. The van der Waals surface area contributed by atoms with Crippen LogP contribution in [0.5, 0.6) is 0 Å². The number of hydrogen-bond donors (Lipinski definition) is 1. The van der Waals surface area contributed by atoms with Gasteiger partial charge in [-0.25, -0.2) is 0 Å². The summed E-state index contributed by atoms with van der Waals surface area (Å²) < 4.78 is 0. The highest BCUT2D eigenvalue weighted by molar-refractivity contribution is 5.91. The molecule has 1 amide bonds. The van der Waals surface area contributed by atoms with E-state index in [0.717, 1.165) is 31.8 Å². The number of rotatable bonds is 3. The minimum Gasteiger partial charge on any atom is -0.337 e. The molecule has 2 aliphatic rings. The van der Waals surface area contributed by atoms with E-state index in [9.17, 15) is 4.79 Å². The Hall–Kier alpha value is -1.43. The van der Waals surface area contributed by atoms with Gasteiger partial charge in [-0.2, -0.15) is 15.4 Å². The van der Waals surface area contributed by atoms with Crippen LogP contribution in [0.15, 0.2) is 6.20 Å². The molecule has 6 heteroatoms. The molecule has 1 aromatic rings. The fourth-order valence-electron chi connectivity index (χ4n) is 3.50. The molecular formula is C14H23N5O. The molecule has 1 aromatic heterocycles. The molecule has 3 heterocycles. The van der Waals surface area contributed by atoms with Crippen molar-refractivity contribution in [3.63, 3.8) is 0 Å². The van der Waals surface area contributed by atoms with Crippen molar-refractivity contribution < 1.29 is 4.79 Å². The molecule has 1 N–H and O–H groups in total. The van der Waals surface area contributed by atoms with E-state index in [4.69, 9.17) is 0 Å². The molecule has 2 fully saturated rings. The second-order valence-electron chi connectivity index (χ2n) is 5.97. The molecule has 0 aliphatic carbocycles. The molecule has 0 spiro atoms. The smallest absolute Gasteiger partial charge is 0.276 e. The second kappa shape index (κ2) is 5.91. The molecule has 0 bridgehead atoms. The Morgan fingerprint density at radius 2 is 2.00 bits per heavy atom. The van der Waals surface area contributed by atoms with Crippen molar-refractivity contribution in [2.45, 2.75) is 38.6 Å². The van der Waals surface area contributed by atoms with Crippen molar-refractivity contribution in [2.24, 2.45) is 5.92 Å². The Balaban J connectivity index is 1.53. The summed E-state index contributed by atoms with van der Waals surface area (Å²) in [6, 6.07) is 0.654. The predicted octanol–water partition coefficient (Wildman–Crippen LogP) is 1.14. The molecule has 0 aromatic carbocycles. The molecule has 0 unspecified atom stereocenters. The molecule has 0 radical (unpaired) electrons. The predicted molar refractivity (Wildman–Crippen MR) is 75.3 cm³/mol. The first kappa shape index (κ1) is 13.5. The maximum atomic E-state index is 12.2. The van der Waals surface area contributed by atoms with Gasteiger partial charge in [0, 0.05) is 19.1 Å². The zero-order valence-corrected chi connectivity index (χ0v) is 12.1. The van der Waals surface area contributed by atoms with Crippen molar-refractivity contribution in [3.05, 3.63) is 11.9 Å². The fraction of sp³-hybridized carbons (Fsp3) is 0.786. The molecule has 6 nitrogen and oxygen atoms in total. The average Bonchev–Trinajstić information content (AvgIpc) is 3.18. The first-order valence-corrected chi connectivity index (χ1v) is 7.65. The van der Waals surface area contributed by atoms with Gasteiger partial charge in [0.15, 0.2) is 5.69 Å². The van der Waals surface area contributed by atoms with Crippen LogP contribution in [0.4, 0.5) is 0 Å². The highest BCUT2D eigenvalue weighted by Gasteiger charge is 2.31. The lowest BCUT2D eigenvalue weighted by molar-refractivity contribution is 0.0618. The quantitative estimate of drug-likeness (QED) is 0.900. The number of amides is 1. The third-order valence-electron chi connectivity index (χ3n) is 4.86. The van der Waals surface area contributed by atoms with Crippen LogP contribution in [0.1, 0.15) is 43.1 Å². The van der Waals surface area contributed by atoms with E-state index in [2.05, 4.69) is 27.2 Å². The molecule has 110 valence electrons. The Morgan fingerprint density at radius 1 is 1.30 bits per heavy atom. The van der Waals surface area contributed by atoms with Gasteiger partial charge in [-0.1, -0.05) is 0 Å². The van der Waals surface area contributed by atoms with Gasteiger partial charge in [0.05, 0.1) is 6.20 Å². The number of H-pyrrole nitrogens is 1. The van der Waals surface area contributed by atoms with Crippen LogP contribution in [0, 0.1) is 5.92 Å². The van der Waals surface area contributed by atoms with Crippen LogP contribution < -0.4 is 0 Å². The number of carbonyl (C=O) groups is 1. The third-order valence-corrected chi connectivity index (χ3v) is 4.86.